The fourth-order valence-electron chi connectivity index (χ4n) is 3.36. The summed E-state index contributed by atoms with van der Waals surface area (Å²) in [4.78, 5) is 41.3. The molecule has 2 fully saturated rings. The standard InChI is InChI=1S/C14H16N2O4S/c1-6-3-8-9(4-6)13(18)16(12(8)17)5-10-15-7(2)11(21-10)14(19)20/h6,8-9H,3-5H2,1-2H3,(H,19,20). The Balaban J connectivity index is 1.80. The van der Waals surface area contributed by atoms with Crippen LogP contribution in [0.1, 0.15) is 40.1 Å². The van der Waals surface area contributed by atoms with E-state index in [1.807, 2.05) is 0 Å². The molecular weight excluding hydrogens is 292 g/mol. The zero-order valence-electron chi connectivity index (χ0n) is 11.8. The van der Waals surface area contributed by atoms with Gasteiger partial charge in [0.25, 0.3) is 0 Å². The summed E-state index contributed by atoms with van der Waals surface area (Å²) in [5.74, 6) is -1.24. The van der Waals surface area contributed by atoms with E-state index in [4.69, 9.17) is 5.11 Å². The van der Waals surface area contributed by atoms with Gasteiger partial charge in [-0.15, -0.1) is 11.3 Å². The quantitative estimate of drug-likeness (QED) is 0.858. The van der Waals surface area contributed by atoms with E-state index >= 15 is 0 Å². The third-order valence-electron chi connectivity index (χ3n) is 4.29. The smallest absolute Gasteiger partial charge is 0.347 e. The molecule has 0 spiro atoms. The van der Waals surface area contributed by atoms with Gasteiger partial charge in [0.1, 0.15) is 9.88 Å². The minimum atomic E-state index is -1.03. The molecule has 2 amide bonds. The number of carboxylic acid groups (broad SMARTS) is 1. The third-order valence-corrected chi connectivity index (χ3v) is 5.42. The van der Waals surface area contributed by atoms with Crippen LogP contribution in [0.3, 0.4) is 0 Å². The Hall–Kier alpha value is -1.76. The summed E-state index contributed by atoms with van der Waals surface area (Å²) >= 11 is 1.03. The molecule has 0 bridgehead atoms. The van der Waals surface area contributed by atoms with Gasteiger partial charge < -0.3 is 5.11 Å². The van der Waals surface area contributed by atoms with Crippen LogP contribution in [0.2, 0.25) is 0 Å². The molecule has 2 unspecified atom stereocenters. The predicted octanol–water partition coefficient (Wildman–Crippen LogP) is 1.68. The second-order valence-electron chi connectivity index (χ2n) is 5.88. The van der Waals surface area contributed by atoms with Crippen molar-refractivity contribution in [2.45, 2.75) is 33.2 Å². The molecule has 1 saturated carbocycles. The molecule has 1 aliphatic carbocycles. The number of hydrogen-bond acceptors (Lipinski definition) is 5. The minimum absolute atomic E-state index is 0.0951. The van der Waals surface area contributed by atoms with Crippen molar-refractivity contribution in [2.75, 3.05) is 0 Å². The average molecular weight is 308 g/mol. The number of aromatic carboxylic acids is 1. The average Bonchev–Trinajstić information content (AvgIpc) is 3.02. The van der Waals surface area contributed by atoms with Gasteiger partial charge in [0.05, 0.1) is 24.1 Å². The van der Waals surface area contributed by atoms with Gasteiger partial charge in [0.2, 0.25) is 11.8 Å². The van der Waals surface area contributed by atoms with Crippen molar-refractivity contribution >= 4 is 29.1 Å². The molecule has 112 valence electrons. The molecule has 1 saturated heterocycles. The van der Waals surface area contributed by atoms with Gasteiger partial charge >= 0.3 is 5.97 Å². The lowest BCUT2D eigenvalue weighted by Gasteiger charge is -2.15. The molecular formula is C14H16N2O4S. The van der Waals surface area contributed by atoms with Gasteiger partial charge in [-0.05, 0) is 25.7 Å². The molecule has 1 aromatic heterocycles. The number of nitrogens with zero attached hydrogens (tertiary/aromatic N) is 2. The largest absolute Gasteiger partial charge is 0.477 e. The number of aryl methyl sites for hydroxylation is 1. The van der Waals surface area contributed by atoms with Crippen LogP contribution < -0.4 is 0 Å². The number of hydrogen-bond donors (Lipinski definition) is 1. The van der Waals surface area contributed by atoms with Crippen LogP contribution in [0, 0.1) is 24.7 Å². The Bertz CT molecular complexity index is 615. The molecule has 1 aliphatic heterocycles. The number of aromatic nitrogens is 1. The van der Waals surface area contributed by atoms with E-state index in [2.05, 4.69) is 11.9 Å². The molecule has 21 heavy (non-hydrogen) atoms. The first kappa shape index (κ1) is 14.2. The Morgan fingerprint density at radius 1 is 1.33 bits per heavy atom. The van der Waals surface area contributed by atoms with Crippen LogP contribution in [-0.2, 0) is 16.1 Å². The van der Waals surface area contributed by atoms with Crippen LogP contribution >= 0.6 is 11.3 Å². The van der Waals surface area contributed by atoms with E-state index in [0.29, 0.717) is 16.6 Å². The molecule has 3 rings (SSSR count). The maximum atomic E-state index is 12.3. The highest BCUT2D eigenvalue weighted by Gasteiger charge is 2.51. The Morgan fingerprint density at radius 3 is 2.38 bits per heavy atom. The fourth-order valence-corrected chi connectivity index (χ4v) is 4.25. The molecule has 2 heterocycles. The number of carbonyl (C=O) groups excluding carboxylic acids is 2. The van der Waals surface area contributed by atoms with Crippen molar-refractivity contribution in [3.05, 3.63) is 15.6 Å². The van der Waals surface area contributed by atoms with E-state index in [-0.39, 0.29) is 35.1 Å². The topological polar surface area (TPSA) is 87.6 Å². The summed E-state index contributed by atoms with van der Waals surface area (Å²) in [5.41, 5.74) is 0.426. The van der Waals surface area contributed by atoms with Gasteiger partial charge in [-0.25, -0.2) is 9.78 Å². The summed E-state index contributed by atoms with van der Waals surface area (Å²) in [6.45, 7) is 3.78. The molecule has 7 heteroatoms. The van der Waals surface area contributed by atoms with Gasteiger partial charge in [-0.1, -0.05) is 6.92 Å². The van der Waals surface area contributed by atoms with E-state index in [1.165, 1.54) is 4.90 Å². The summed E-state index contributed by atoms with van der Waals surface area (Å²) in [7, 11) is 0. The summed E-state index contributed by atoms with van der Waals surface area (Å²) in [6, 6.07) is 0. The molecule has 1 aromatic rings. The van der Waals surface area contributed by atoms with Crippen molar-refractivity contribution in [3.8, 4) is 0 Å². The normalized spacial score (nSPS) is 28.3. The molecule has 0 radical (unpaired) electrons. The van der Waals surface area contributed by atoms with E-state index in [1.54, 1.807) is 6.92 Å². The van der Waals surface area contributed by atoms with Crippen LogP contribution in [0.15, 0.2) is 0 Å². The molecule has 1 N–H and O–H groups in total. The van der Waals surface area contributed by atoms with Crippen LogP contribution in [-0.4, -0.2) is 32.8 Å². The number of thiazole rings is 1. The zero-order chi connectivity index (χ0) is 15.3. The maximum Gasteiger partial charge on any atom is 0.347 e. The predicted molar refractivity (Wildman–Crippen MR) is 74.7 cm³/mol. The highest BCUT2D eigenvalue weighted by atomic mass is 32.1. The van der Waals surface area contributed by atoms with Crippen LogP contribution in [0.4, 0.5) is 0 Å². The summed E-state index contributed by atoms with van der Waals surface area (Å²) < 4.78 is 0. The highest BCUT2D eigenvalue weighted by molar-refractivity contribution is 7.13. The van der Waals surface area contributed by atoms with E-state index in [9.17, 15) is 14.4 Å². The number of fused-ring (bicyclic) bond motifs is 1. The number of rotatable bonds is 3. The van der Waals surface area contributed by atoms with E-state index in [0.717, 1.165) is 24.2 Å². The first-order valence-electron chi connectivity index (χ1n) is 6.93. The van der Waals surface area contributed by atoms with Crippen molar-refractivity contribution in [1.82, 2.24) is 9.88 Å². The number of carboxylic acids is 1. The van der Waals surface area contributed by atoms with Crippen molar-refractivity contribution in [3.63, 3.8) is 0 Å². The first-order valence-corrected chi connectivity index (χ1v) is 7.75. The SMILES string of the molecule is Cc1nc(CN2C(=O)C3CC(C)CC3C2=O)sc1C(=O)O. The van der Waals surface area contributed by atoms with Crippen molar-refractivity contribution < 1.29 is 19.5 Å². The van der Waals surface area contributed by atoms with Gasteiger partial charge in [0, 0.05) is 0 Å². The maximum absolute atomic E-state index is 12.3. The number of carbonyl (C=O) groups is 3. The monoisotopic (exact) mass is 308 g/mol. The van der Waals surface area contributed by atoms with Crippen LogP contribution in [0.25, 0.3) is 0 Å². The summed E-state index contributed by atoms with van der Waals surface area (Å²) in [6.07, 6.45) is 1.53. The molecule has 6 nitrogen and oxygen atoms in total. The molecule has 0 aromatic carbocycles. The second-order valence-corrected chi connectivity index (χ2v) is 6.96. The fraction of sp³-hybridized carbons (Fsp3) is 0.571. The van der Waals surface area contributed by atoms with Gasteiger partial charge in [-0.3, -0.25) is 14.5 Å². The first-order chi connectivity index (χ1) is 9.88. The number of imide groups is 1. The van der Waals surface area contributed by atoms with Crippen molar-refractivity contribution in [2.24, 2.45) is 17.8 Å². The van der Waals surface area contributed by atoms with Crippen molar-refractivity contribution in [1.29, 1.82) is 0 Å². The van der Waals surface area contributed by atoms with Gasteiger partial charge in [0.15, 0.2) is 0 Å². The summed E-state index contributed by atoms with van der Waals surface area (Å²) in [5, 5.41) is 9.53. The molecule has 2 atom stereocenters. The van der Waals surface area contributed by atoms with Crippen LogP contribution in [0.5, 0.6) is 0 Å². The zero-order valence-corrected chi connectivity index (χ0v) is 12.6. The lowest BCUT2D eigenvalue weighted by atomic mass is 10.00. The Labute approximate surface area is 125 Å². The Kier molecular flexibility index (Phi) is 3.32. The molecule has 2 aliphatic rings. The second kappa shape index (κ2) is 4.91. The lowest BCUT2D eigenvalue weighted by Crippen LogP contribution is -2.31. The Morgan fingerprint density at radius 2 is 1.90 bits per heavy atom. The van der Waals surface area contributed by atoms with E-state index < -0.39 is 5.97 Å². The number of amides is 2. The lowest BCUT2D eigenvalue weighted by molar-refractivity contribution is -0.141. The third kappa shape index (κ3) is 2.25. The number of likely N-dealkylation sites (tertiary alicyclic amines) is 1. The highest BCUT2D eigenvalue weighted by Crippen LogP contribution is 2.43. The minimum Gasteiger partial charge on any atom is -0.477 e. The van der Waals surface area contributed by atoms with Gasteiger partial charge in [-0.2, -0.15) is 0 Å².